The summed E-state index contributed by atoms with van der Waals surface area (Å²) in [6.07, 6.45) is 5.49. The summed E-state index contributed by atoms with van der Waals surface area (Å²) in [5.74, 6) is 0.494. The lowest BCUT2D eigenvalue weighted by atomic mass is 9.96. The summed E-state index contributed by atoms with van der Waals surface area (Å²) < 4.78 is 5.22. The average Bonchev–Trinajstić information content (AvgIpc) is 2.61. The number of nitrogens with one attached hydrogen (secondary N) is 2. The summed E-state index contributed by atoms with van der Waals surface area (Å²) >= 11 is 0. The summed E-state index contributed by atoms with van der Waals surface area (Å²) in [6, 6.07) is 7.11. The third kappa shape index (κ3) is 6.05. The van der Waals surface area contributed by atoms with E-state index in [4.69, 9.17) is 4.74 Å². The number of carbonyl (C=O) groups excluding carboxylic acids is 2. The van der Waals surface area contributed by atoms with Crippen LogP contribution in [0.25, 0.3) is 0 Å². The maximum atomic E-state index is 12.3. The minimum absolute atomic E-state index is 0.186. The number of imide groups is 1. The van der Waals surface area contributed by atoms with Gasteiger partial charge in [0.15, 0.2) is 0 Å². The monoisotopic (exact) mass is 347 g/mol. The van der Waals surface area contributed by atoms with Gasteiger partial charge in [-0.3, -0.25) is 15.0 Å². The maximum absolute atomic E-state index is 12.3. The summed E-state index contributed by atoms with van der Waals surface area (Å²) in [6.45, 7) is 2.39. The normalized spacial score (nSPS) is 16.3. The summed E-state index contributed by atoms with van der Waals surface area (Å²) in [4.78, 5) is 26.2. The molecule has 1 fully saturated rings. The minimum Gasteiger partial charge on any atom is -0.497 e. The molecule has 0 aliphatic heterocycles. The van der Waals surface area contributed by atoms with E-state index in [1.54, 1.807) is 14.0 Å². The van der Waals surface area contributed by atoms with E-state index in [1.807, 2.05) is 36.2 Å². The molecule has 1 saturated carbocycles. The molecule has 25 heavy (non-hydrogen) atoms. The standard InChI is InChI=1S/C19H29N3O3/c1-14(22(2)13-15-8-7-11-17(12-15)25-3)18(23)21-19(24)20-16-9-5-4-6-10-16/h7-8,11-12,14,16H,4-6,9-10,13H2,1-3H3,(H2,20,21,23,24). The molecule has 6 heteroatoms. The van der Waals surface area contributed by atoms with Crippen LogP contribution in [0.2, 0.25) is 0 Å². The van der Waals surface area contributed by atoms with Gasteiger partial charge in [-0.05, 0) is 44.5 Å². The Balaban J connectivity index is 1.82. The third-order valence-electron chi connectivity index (χ3n) is 4.78. The van der Waals surface area contributed by atoms with Gasteiger partial charge in [0.1, 0.15) is 5.75 Å². The maximum Gasteiger partial charge on any atom is 0.321 e. The highest BCUT2D eigenvalue weighted by Gasteiger charge is 2.22. The molecule has 2 N–H and O–H groups in total. The fourth-order valence-electron chi connectivity index (χ4n) is 3.08. The highest BCUT2D eigenvalue weighted by atomic mass is 16.5. The molecule has 1 aromatic carbocycles. The predicted molar refractivity (Wildman–Crippen MR) is 97.5 cm³/mol. The molecule has 1 aromatic rings. The first-order valence-electron chi connectivity index (χ1n) is 8.94. The molecule has 0 spiro atoms. The predicted octanol–water partition coefficient (Wildman–Crippen LogP) is 2.67. The Morgan fingerprint density at radius 1 is 1.28 bits per heavy atom. The van der Waals surface area contributed by atoms with Crippen molar-refractivity contribution in [3.8, 4) is 5.75 Å². The fourth-order valence-corrected chi connectivity index (χ4v) is 3.08. The molecular weight excluding hydrogens is 318 g/mol. The van der Waals surface area contributed by atoms with Gasteiger partial charge in [0.2, 0.25) is 5.91 Å². The molecule has 1 aliphatic carbocycles. The molecule has 1 unspecified atom stereocenters. The van der Waals surface area contributed by atoms with Crippen LogP contribution in [0.15, 0.2) is 24.3 Å². The topological polar surface area (TPSA) is 70.7 Å². The molecule has 0 bridgehead atoms. The quantitative estimate of drug-likeness (QED) is 0.830. The lowest BCUT2D eigenvalue weighted by Crippen LogP contribution is -2.50. The third-order valence-corrected chi connectivity index (χ3v) is 4.78. The van der Waals surface area contributed by atoms with Crippen molar-refractivity contribution in [1.82, 2.24) is 15.5 Å². The van der Waals surface area contributed by atoms with E-state index in [-0.39, 0.29) is 11.9 Å². The Morgan fingerprint density at radius 2 is 2.00 bits per heavy atom. The molecular formula is C19H29N3O3. The van der Waals surface area contributed by atoms with Crippen LogP contribution >= 0.6 is 0 Å². The van der Waals surface area contributed by atoms with Crippen molar-refractivity contribution in [2.24, 2.45) is 0 Å². The number of nitrogens with zero attached hydrogens (tertiary/aromatic N) is 1. The molecule has 0 heterocycles. The molecule has 0 saturated heterocycles. The van der Waals surface area contributed by atoms with Gasteiger partial charge < -0.3 is 10.1 Å². The first-order chi connectivity index (χ1) is 12.0. The number of rotatable bonds is 6. The highest BCUT2D eigenvalue weighted by molar-refractivity contribution is 5.96. The number of hydrogen-bond acceptors (Lipinski definition) is 4. The molecule has 3 amide bonds. The SMILES string of the molecule is COc1cccc(CN(C)C(C)C(=O)NC(=O)NC2CCCCC2)c1. The number of likely N-dealkylation sites (N-methyl/N-ethyl adjacent to an activating group) is 1. The molecule has 1 aliphatic rings. The number of amides is 3. The van der Waals surface area contributed by atoms with Gasteiger partial charge in [0.05, 0.1) is 13.2 Å². The van der Waals surface area contributed by atoms with Crippen LogP contribution in [0.1, 0.15) is 44.6 Å². The molecule has 2 rings (SSSR count). The van der Waals surface area contributed by atoms with Gasteiger partial charge in [-0.1, -0.05) is 31.4 Å². The van der Waals surface area contributed by atoms with Gasteiger partial charge in [-0.15, -0.1) is 0 Å². The number of ether oxygens (including phenoxy) is 1. The second-order valence-electron chi connectivity index (χ2n) is 6.74. The van der Waals surface area contributed by atoms with Crippen molar-refractivity contribution < 1.29 is 14.3 Å². The Labute approximate surface area is 149 Å². The Kier molecular flexibility index (Phi) is 7.25. The van der Waals surface area contributed by atoms with Gasteiger partial charge in [0, 0.05) is 12.6 Å². The zero-order chi connectivity index (χ0) is 18.2. The second kappa shape index (κ2) is 9.42. The zero-order valence-electron chi connectivity index (χ0n) is 15.4. The van der Waals surface area contributed by atoms with Crippen molar-refractivity contribution >= 4 is 11.9 Å². The van der Waals surface area contributed by atoms with Crippen LogP contribution in [0.4, 0.5) is 4.79 Å². The molecule has 0 radical (unpaired) electrons. The lowest BCUT2D eigenvalue weighted by molar-refractivity contribution is -0.124. The lowest BCUT2D eigenvalue weighted by Gasteiger charge is -2.25. The van der Waals surface area contributed by atoms with Crippen molar-refractivity contribution in [2.75, 3.05) is 14.2 Å². The first kappa shape index (κ1) is 19.2. The number of methoxy groups -OCH3 is 1. The van der Waals surface area contributed by atoms with Gasteiger partial charge >= 0.3 is 6.03 Å². The molecule has 1 atom stereocenters. The summed E-state index contributed by atoms with van der Waals surface area (Å²) in [5.41, 5.74) is 1.05. The summed E-state index contributed by atoms with van der Waals surface area (Å²) in [7, 11) is 3.49. The van der Waals surface area contributed by atoms with E-state index >= 15 is 0 Å². The van der Waals surface area contributed by atoms with Crippen molar-refractivity contribution in [1.29, 1.82) is 0 Å². The Bertz CT molecular complexity index is 585. The number of urea groups is 1. The van der Waals surface area contributed by atoms with Crippen LogP contribution in [-0.2, 0) is 11.3 Å². The van der Waals surface area contributed by atoms with Crippen LogP contribution in [0, 0.1) is 0 Å². The number of hydrogen-bond donors (Lipinski definition) is 2. The van der Waals surface area contributed by atoms with E-state index in [0.29, 0.717) is 6.54 Å². The molecule has 138 valence electrons. The highest BCUT2D eigenvalue weighted by Crippen LogP contribution is 2.17. The minimum atomic E-state index is -0.414. The fraction of sp³-hybridized carbons (Fsp3) is 0.579. The first-order valence-corrected chi connectivity index (χ1v) is 8.94. The van der Waals surface area contributed by atoms with Crippen molar-refractivity contribution in [2.45, 2.75) is 57.7 Å². The van der Waals surface area contributed by atoms with Crippen LogP contribution in [0.5, 0.6) is 5.75 Å². The van der Waals surface area contributed by atoms with Crippen LogP contribution < -0.4 is 15.4 Å². The Morgan fingerprint density at radius 3 is 2.68 bits per heavy atom. The molecule has 0 aromatic heterocycles. The van der Waals surface area contributed by atoms with Gasteiger partial charge in [-0.25, -0.2) is 4.79 Å². The van der Waals surface area contributed by atoms with E-state index < -0.39 is 12.1 Å². The van der Waals surface area contributed by atoms with Crippen LogP contribution in [0.3, 0.4) is 0 Å². The smallest absolute Gasteiger partial charge is 0.321 e. The van der Waals surface area contributed by atoms with Gasteiger partial charge in [-0.2, -0.15) is 0 Å². The van der Waals surface area contributed by atoms with Gasteiger partial charge in [0.25, 0.3) is 0 Å². The van der Waals surface area contributed by atoms with Crippen molar-refractivity contribution in [3.63, 3.8) is 0 Å². The van der Waals surface area contributed by atoms with Crippen molar-refractivity contribution in [3.05, 3.63) is 29.8 Å². The Hall–Kier alpha value is -2.08. The van der Waals surface area contributed by atoms with E-state index in [1.165, 1.54) is 6.42 Å². The average molecular weight is 347 g/mol. The van der Waals surface area contributed by atoms with Crippen LogP contribution in [-0.4, -0.2) is 43.1 Å². The zero-order valence-corrected chi connectivity index (χ0v) is 15.4. The molecule has 6 nitrogen and oxygen atoms in total. The summed E-state index contributed by atoms with van der Waals surface area (Å²) in [5, 5.41) is 5.36. The number of benzene rings is 1. The second-order valence-corrected chi connectivity index (χ2v) is 6.74. The van der Waals surface area contributed by atoms with E-state index in [9.17, 15) is 9.59 Å². The number of carbonyl (C=O) groups is 2. The largest absolute Gasteiger partial charge is 0.497 e. The van der Waals surface area contributed by atoms with E-state index in [2.05, 4.69) is 10.6 Å². The van der Waals surface area contributed by atoms with E-state index in [0.717, 1.165) is 37.0 Å².